The van der Waals surface area contributed by atoms with E-state index in [0.717, 1.165) is 5.56 Å². The molecule has 0 bridgehead atoms. The second-order valence-electron chi connectivity index (χ2n) is 7.35. The number of hydrogen-bond acceptors (Lipinski definition) is 4. The van der Waals surface area contributed by atoms with Gasteiger partial charge in [-0.2, -0.15) is 0 Å². The Labute approximate surface area is 152 Å². The number of thiazole rings is 1. The number of amides is 2. The molecule has 0 spiro atoms. The summed E-state index contributed by atoms with van der Waals surface area (Å²) in [5.74, 6) is -0.559. The molecule has 0 saturated carbocycles. The Hall–Kier alpha value is -2.21. The van der Waals surface area contributed by atoms with Crippen LogP contribution in [-0.2, 0) is 10.2 Å². The molecule has 1 aromatic carbocycles. The van der Waals surface area contributed by atoms with Crippen LogP contribution in [0.5, 0.6) is 0 Å². The van der Waals surface area contributed by atoms with Crippen LogP contribution in [0.15, 0.2) is 35.8 Å². The van der Waals surface area contributed by atoms with Crippen molar-refractivity contribution in [1.29, 1.82) is 0 Å². The molecule has 0 radical (unpaired) electrons. The SMILES string of the molecule is CC(C)[C@H](NC(=O)c1ccc(C(C)(C)C)cc1)C(=O)Nc1nccs1. The van der Waals surface area contributed by atoms with Crippen LogP contribution < -0.4 is 10.6 Å². The number of aromatic nitrogens is 1. The van der Waals surface area contributed by atoms with Gasteiger partial charge in [-0.05, 0) is 29.0 Å². The number of carbonyl (C=O) groups excluding carboxylic acids is 2. The van der Waals surface area contributed by atoms with Crippen LogP contribution in [0, 0.1) is 5.92 Å². The Balaban J connectivity index is 2.08. The van der Waals surface area contributed by atoms with E-state index in [-0.39, 0.29) is 23.1 Å². The highest BCUT2D eigenvalue weighted by atomic mass is 32.1. The van der Waals surface area contributed by atoms with Crippen molar-refractivity contribution in [3.63, 3.8) is 0 Å². The minimum absolute atomic E-state index is 0.0308. The molecule has 0 saturated heterocycles. The van der Waals surface area contributed by atoms with Crippen molar-refractivity contribution in [3.05, 3.63) is 47.0 Å². The molecule has 2 aromatic rings. The van der Waals surface area contributed by atoms with Crippen molar-refractivity contribution in [2.45, 2.75) is 46.1 Å². The number of rotatable bonds is 5. The predicted octanol–water partition coefficient (Wildman–Crippen LogP) is 3.83. The van der Waals surface area contributed by atoms with E-state index in [2.05, 4.69) is 36.4 Å². The predicted molar refractivity (Wildman–Crippen MR) is 102 cm³/mol. The zero-order chi connectivity index (χ0) is 18.6. The Bertz CT molecular complexity index is 716. The summed E-state index contributed by atoms with van der Waals surface area (Å²) in [6.07, 6.45) is 1.63. The van der Waals surface area contributed by atoms with E-state index in [1.165, 1.54) is 11.3 Å². The van der Waals surface area contributed by atoms with Gasteiger partial charge in [0.2, 0.25) is 5.91 Å². The number of carbonyl (C=O) groups is 2. The van der Waals surface area contributed by atoms with Crippen LogP contribution in [0.2, 0.25) is 0 Å². The highest BCUT2D eigenvalue weighted by molar-refractivity contribution is 7.13. The van der Waals surface area contributed by atoms with Gasteiger partial charge >= 0.3 is 0 Å². The van der Waals surface area contributed by atoms with E-state index >= 15 is 0 Å². The molecular weight excluding hydrogens is 334 g/mol. The zero-order valence-electron chi connectivity index (χ0n) is 15.3. The van der Waals surface area contributed by atoms with Crippen molar-refractivity contribution in [3.8, 4) is 0 Å². The highest BCUT2D eigenvalue weighted by Crippen LogP contribution is 2.22. The first-order chi connectivity index (χ1) is 11.7. The third kappa shape index (κ3) is 5.13. The molecule has 6 heteroatoms. The smallest absolute Gasteiger partial charge is 0.251 e. The number of hydrogen-bond donors (Lipinski definition) is 2. The minimum atomic E-state index is -0.626. The van der Waals surface area contributed by atoms with Gasteiger partial charge in [-0.25, -0.2) is 4.98 Å². The van der Waals surface area contributed by atoms with Gasteiger partial charge in [0, 0.05) is 17.1 Å². The van der Waals surface area contributed by atoms with Crippen LogP contribution in [0.4, 0.5) is 5.13 Å². The van der Waals surface area contributed by atoms with E-state index < -0.39 is 6.04 Å². The van der Waals surface area contributed by atoms with Gasteiger partial charge in [-0.15, -0.1) is 11.3 Å². The highest BCUT2D eigenvalue weighted by Gasteiger charge is 2.25. The van der Waals surface area contributed by atoms with E-state index in [1.807, 2.05) is 26.0 Å². The fourth-order valence-electron chi connectivity index (χ4n) is 2.35. The molecule has 1 aromatic heterocycles. The summed E-state index contributed by atoms with van der Waals surface area (Å²) in [7, 11) is 0. The third-order valence-corrected chi connectivity index (χ3v) is 4.60. The van der Waals surface area contributed by atoms with E-state index in [4.69, 9.17) is 0 Å². The molecule has 0 unspecified atom stereocenters. The van der Waals surface area contributed by atoms with Crippen LogP contribution in [-0.4, -0.2) is 22.8 Å². The maximum atomic E-state index is 12.5. The normalized spacial score (nSPS) is 12.7. The minimum Gasteiger partial charge on any atom is -0.340 e. The monoisotopic (exact) mass is 359 g/mol. The molecule has 0 aliphatic heterocycles. The van der Waals surface area contributed by atoms with Crippen molar-refractivity contribution in [2.75, 3.05) is 5.32 Å². The molecular formula is C19H25N3O2S. The fraction of sp³-hybridized carbons (Fsp3) is 0.421. The topological polar surface area (TPSA) is 71.1 Å². The summed E-state index contributed by atoms with van der Waals surface area (Å²) >= 11 is 1.34. The third-order valence-electron chi connectivity index (χ3n) is 3.91. The molecule has 1 atom stereocenters. The summed E-state index contributed by atoms with van der Waals surface area (Å²) in [6, 6.07) is 6.88. The van der Waals surface area contributed by atoms with Gasteiger partial charge in [0.25, 0.3) is 5.91 Å². The Morgan fingerprint density at radius 1 is 1.12 bits per heavy atom. The molecule has 134 valence electrons. The molecule has 5 nitrogen and oxygen atoms in total. The van der Waals surface area contributed by atoms with Crippen LogP contribution in [0.3, 0.4) is 0 Å². The quantitative estimate of drug-likeness (QED) is 0.852. The van der Waals surface area contributed by atoms with Gasteiger partial charge in [0.05, 0.1) is 0 Å². The molecule has 0 fully saturated rings. The molecule has 2 N–H and O–H groups in total. The van der Waals surface area contributed by atoms with Crippen molar-refractivity contribution >= 4 is 28.3 Å². The maximum absolute atomic E-state index is 12.5. The number of nitrogens with zero attached hydrogens (tertiary/aromatic N) is 1. The summed E-state index contributed by atoms with van der Waals surface area (Å²) in [5, 5.41) is 7.89. The average molecular weight is 359 g/mol. The first-order valence-corrected chi connectivity index (χ1v) is 9.18. The first kappa shape index (κ1) is 19.1. The molecule has 0 aliphatic carbocycles. The average Bonchev–Trinajstić information content (AvgIpc) is 3.04. The second kappa shape index (κ2) is 7.78. The van der Waals surface area contributed by atoms with Crippen molar-refractivity contribution in [1.82, 2.24) is 10.3 Å². The fourth-order valence-corrected chi connectivity index (χ4v) is 2.88. The molecule has 2 amide bonds. The van der Waals surface area contributed by atoms with E-state index in [0.29, 0.717) is 10.7 Å². The number of benzene rings is 1. The standard InChI is InChI=1S/C19H25N3O2S/c1-12(2)15(17(24)22-18-20-10-11-25-18)21-16(23)13-6-8-14(9-7-13)19(3,4)5/h6-12,15H,1-5H3,(H,21,23)(H,20,22,24)/t15-/m0/s1. The molecule has 0 aliphatic rings. The van der Waals surface area contributed by atoms with Crippen molar-refractivity contribution < 1.29 is 9.59 Å². The van der Waals surface area contributed by atoms with Gasteiger partial charge < -0.3 is 10.6 Å². The Morgan fingerprint density at radius 3 is 2.24 bits per heavy atom. The number of anilines is 1. The maximum Gasteiger partial charge on any atom is 0.251 e. The van der Waals surface area contributed by atoms with Gasteiger partial charge in [0.15, 0.2) is 5.13 Å². The summed E-state index contributed by atoms with van der Waals surface area (Å²) in [6.45, 7) is 10.2. The lowest BCUT2D eigenvalue weighted by atomic mass is 9.86. The van der Waals surface area contributed by atoms with Crippen LogP contribution in [0.1, 0.15) is 50.5 Å². The lowest BCUT2D eigenvalue weighted by Crippen LogP contribution is -2.47. The Morgan fingerprint density at radius 2 is 1.76 bits per heavy atom. The molecule has 25 heavy (non-hydrogen) atoms. The van der Waals surface area contributed by atoms with Crippen molar-refractivity contribution in [2.24, 2.45) is 5.92 Å². The second-order valence-corrected chi connectivity index (χ2v) is 8.24. The molecule has 1 heterocycles. The lowest BCUT2D eigenvalue weighted by Gasteiger charge is -2.22. The number of nitrogens with one attached hydrogen (secondary N) is 2. The summed E-state index contributed by atoms with van der Waals surface area (Å²) in [5.41, 5.74) is 1.73. The first-order valence-electron chi connectivity index (χ1n) is 8.30. The van der Waals surface area contributed by atoms with Gasteiger partial charge in [0.1, 0.15) is 6.04 Å². The zero-order valence-corrected chi connectivity index (χ0v) is 16.1. The largest absolute Gasteiger partial charge is 0.340 e. The van der Waals surface area contributed by atoms with Crippen LogP contribution in [0.25, 0.3) is 0 Å². The lowest BCUT2D eigenvalue weighted by molar-refractivity contribution is -0.118. The summed E-state index contributed by atoms with van der Waals surface area (Å²) in [4.78, 5) is 29.0. The van der Waals surface area contributed by atoms with E-state index in [9.17, 15) is 9.59 Å². The van der Waals surface area contributed by atoms with Crippen LogP contribution >= 0.6 is 11.3 Å². The van der Waals surface area contributed by atoms with Gasteiger partial charge in [-0.1, -0.05) is 46.8 Å². The Kier molecular flexibility index (Phi) is 5.95. The molecule has 2 rings (SSSR count). The summed E-state index contributed by atoms with van der Waals surface area (Å²) < 4.78 is 0. The van der Waals surface area contributed by atoms with E-state index in [1.54, 1.807) is 23.7 Å². The van der Waals surface area contributed by atoms with Gasteiger partial charge in [-0.3, -0.25) is 9.59 Å².